The van der Waals surface area contributed by atoms with Crippen molar-refractivity contribution in [2.24, 2.45) is 17.8 Å². The van der Waals surface area contributed by atoms with Crippen molar-refractivity contribution in [2.75, 3.05) is 13.1 Å². The molecule has 25 heavy (non-hydrogen) atoms. The fraction of sp³-hybridized carbons (Fsp3) is 0.800. The predicted molar refractivity (Wildman–Crippen MR) is 98.3 cm³/mol. The van der Waals surface area contributed by atoms with Crippen LogP contribution >= 0.6 is 0 Å². The van der Waals surface area contributed by atoms with Crippen molar-refractivity contribution in [3.63, 3.8) is 0 Å². The van der Waals surface area contributed by atoms with Crippen molar-refractivity contribution < 1.29 is 4.79 Å². The summed E-state index contributed by atoms with van der Waals surface area (Å²) in [5.41, 5.74) is 3.35. The molecular weight excluding hydrogens is 312 g/mol. The number of H-pyrrole nitrogens is 1. The first-order valence-electron chi connectivity index (χ1n) is 10.2. The summed E-state index contributed by atoms with van der Waals surface area (Å²) >= 11 is 0. The topological polar surface area (TPSA) is 61.0 Å². The second-order valence-corrected chi connectivity index (χ2v) is 8.44. The van der Waals surface area contributed by atoms with Gasteiger partial charge < -0.3 is 10.2 Å². The largest absolute Gasteiger partial charge is 0.338 e. The molecule has 2 N–H and O–H groups in total. The van der Waals surface area contributed by atoms with Crippen LogP contribution in [-0.2, 0) is 0 Å². The molecule has 1 aromatic rings. The number of hydrogen-bond donors (Lipinski definition) is 2. The summed E-state index contributed by atoms with van der Waals surface area (Å²) in [5, 5.41) is 10.6. The van der Waals surface area contributed by atoms with E-state index in [1.165, 1.54) is 44.1 Å². The van der Waals surface area contributed by atoms with Crippen LogP contribution in [0.2, 0.25) is 0 Å². The molecule has 4 rings (SSSR count). The van der Waals surface area contributed by atoms with Gasteiger partial charge in [0.25, 0.3) is 0 Å². The van der Waals surface area contributed by atoms with Crippen LogP contribution in [0.15, 0.2) is 0 Å². The number of rotatable bonds is 4. The molecule has 2 aliphatic carbocycles. The highest BCUT2D eigenvalue weighted by Gasteiger charge is 2.43. The molecule has 2 amide bonds. The molecule has 5 nitrogen and oxygen atoms in total. The Morgan fingerprint density at radius 2 is 2.00 bits per heavy atom. The molecule has 138 valence electrons. The van der Waals surface area contributed by atoms with E-state index in [1.807, 2.05) is 11.8 Å². The van der Waals surface area contributed by atoms with E-state index in [0.29, 0.717) is 0 Å². The molecule has 3 fully saturated rings. The first kappa shape index (κ1) is 16.9. The Hall–Kier alpha value is -1.52. The minimum absolute atomic E-state index is 0.122. The maximum absolute atomic E-state index is 12.8. The average molecular weight is 345 g/mol. The quantitative estimate of drug-likeness (QED) is 0.864. The van der Waals surface area contributed by atoms with Crippen LogP contribution in [0.1, 0.15) is 74.4 Å². The summed E-state index contributed by atoms with van der Waals surface area (Å²) in [4.78, 5) is 14.8. The SMILES string of the molecule is Cc1n[nH]c(C)c1C1CCCN1C(=O)NC[C@@H]1C[C@H]1C1CCCCC1. The number of nitrogens with zero attached hydrogens (tertiary/aromatic N) is 2. The average Bonchev–Trinajstić information content (AvgIpc) is 3.12. The van der Waals surface area contributed by atoms with E-state index in [9.17, 15) is 4.79 Å². The number of aryl methyl sites for hydroxylation is 2. The number of amides is 2. The van der Waals surface area contributed by atoms with Gasteiger partial charge in [-0.1, -0.05) is 32.1 Å². The van der Waals surface area contributed by atoms with Crippen molar-refractivity contribution >= 4 is 6.03 Å². The monoisotopic (exact) mass is 344 g/mol. The van der Waals surface area contributed by atoms with Crippen LogP contribution < -0.4 is 5.32 Å². The van der Waals surface area contributed by atoms with E-state index in [4.69, 9.17) is 0 Å². The van der Waals surface area contributed by atoms with Gasteiger partial charge in [-0.05, 0) is 50.9 Å². The third kappa shape index (κ3) is 3.42. The third-order valence-corrected chi connectivity index (χ3v) is 6.78. The number of carbonyl (C=O) groups excluding carboxylic acids is 1. The molecule has 1 saturated heterocycles. The summed E-state index contributed by atoms with van der Waals surface area (Å²) in [6.07, 6.45) is 10.5. The van der Waals surface area contributed by atoms with Gasteiger partial charge in [0.15, 0.2) is 0 Å². The number of urea groups is 1. The number of aromatic amines is 1. The summed E-state index contributed by atoms with van der Waals surface area (Å²) in [6, 6.07) is 0.309. The molecule has 0 aromatic carbocycles. The lowest BCUT2D eigenvalue weighted by Gasteiger charge is -2.26. The highest BCUT2D eigenvalue weighted by Crippen LogP contribution is 2.49. The molecule has 2 heterocycles. The minimum Gasteiger partial charge on any atom is -0.338 e. The third-order valence-electron chi connectivity index (χ3n) is 6.78. The molecule has 3 atom stereocenters. The van der Waals surface area contributed by atoms with Gasteiger partial charge in [-0.15, -0.1) is 0 Å². The van der Waals surface area contributed by atoms with Gasteiger partial charge in [-0.2, -0.15) is 5.10 Å². The van der Waals surface area contributed by atoms with Gasteiger partial charge >= 0.3 is 6.03 Å². The zero-order valence-electron chi connectivity index (χ0n) is 15.7. The van der Waals surface area contributed by atoms with Crippen molar-refractivity contribution in [3.05, 3.63) is 17.0 Å². The molecule has 1 aromatic heterocycles. The molecule has 3 aliphatic rings. The van der Waals surface area contributed by atoms with E-state index < -0.39 is 0 Å². The van der Waals surface area contributed by atoms with Crippen LogP contribution in [0.25, 0.3) is 0 Å². The van der Waals surface area contributed by atoms with Gasteiger partial charge in [0.1, 0.15) is 0 Å². The van der Waals surface area contributed by atoms with Crippen LogP contribution in [0.4, 0.5) is 4.79 Å². The van der Waals surface area contributed by atoms with Gasteiger partial charge in [0, 0.05) is 24.3 Å². The molecular formula is C20H32N4O. The first-order valence-corrected chi connectivity index (χ1v) is 10.2. The van der Waals surface area contributed by atoms with Gasteiger partial charge in [0.2, 0.25) is 0 Å². The lowest BCUT2D eigenvalue weighted by Crippen LogP contribution is -2.40. The van der Waals surface area contributed by atoms with Crippen molar-refractivity contribution in [3.8, 4) is 0 Å². The number of hydrogen-bond acceptors (Lipinski definition) is 2. The Kier molecular flexibility index (Phi) is 4.74. The number of carbonyl (C=O) groups is 1. The van der Waals surface area contributed by atoms with Crippen LogP contribution in [0.3, 0.4) is 0 Å². The van der Waals surface area contributed by atoms with Crippen molar-refractivity contribution in [2.45, 2.75) is 71.3 Å². The Morgan fingerprint density at radius 1 is 1.20 bits per heavy atom. The highest BCUT2D eigenvalue weighted by atomic mass is 16.2. The summed E-state index contributed by atoms with van der Waals surface area (Å²) in [5.74, 6) is 2.55. The van der Waals surface area contributed by atoms with Crippen LogP contribution in [0, 0.1) is 31.6 Å². The molecule has 5 heteroatoms. The standard InChI is InChI=1S/C20H32N4O/c1-13-19(14(2)23-22-13)18-9-6-10-24(18)20(25)21-12-16-11-17(16)15-7-4-3-5-8-15/h15-18H,3-12H2,1-2H3,(H,21,25)(H,22,23)/t16-,17-,18?/m0/s1. The summed E-state index contributed by atoms with van der Waals surface area (Å²) in [7, 11) is 0. The number of nitrogens with one attached hydrogen (secondary N) is 2. The zero-order chi connectivity index (χ0) is 17.4. The predicted octanol–water partition coefficient (Wildman–Crippen LogP) is 4.09. The van der Waals surface area contributed by atoms with Crippen LogP contribution in [-0.4, -0.2) is 34.2 Å². The Labute approximate surface area is 150 Å². The smallest absolute Gasteiger partial charge is 0.317 e. The van der Waals surface area contributed by atoms with Gasteiger partial charge in [-0.25, -0.2) is 4.79 Å². The minimum atomic E-state index is 0.122. The maximum atomic E-state index is 12.8. The highest BCUT2D eigenvalue weighted by molar-refractivity contribution is 5.75. The van der Waals surface area contributed by atoms with Gasteiger partial charge in [0.05, 0.1) is 11.7 Å². The molecule has 0 bridgehead atoms. The second kappa shape index (κ2) is 7.00. The Morgan fingerprint density at radius 3 is 2.72 bits per heavy atom. The fourth-order valence-electron chi connectivity index (χ4n) is 5.33. The molecule has 0 spiro atoms. The van der Waals surface area contributed by atoms with E-state index in [2.05, 4.69) is 22.4 Å². The number of aromatic nitrogens is 2. The summed E-state index contributed by atoms with van der Waals surface area (Å²) in [6.45, 7) is 5.82. The van der Waals surface area contributed by atoms with E-state index in [1.54, 1.807) is 0 Å². The van der Waals surface area contributed by atoms with E-state index in [0.717, 1.165) is 55.1 Å². The molecule has 2 saturated carbocycles. The Bertz CT molecular complexity index is 600. The first-order chi connectivity index (χ1) is 12.1. The number of likely N-dealkylation sites (tertiary alicyclic amines) is 1. The molecule has 1 aliphatic heterocycles. The van der Waals surface area contributed by atoms with Crippen LogP contribution in [0.5, 0.6) is 0 Å². The normalized spacial score (nSPS) is 29.8. The molecule has 1 unspecified atom stereocenters. The van der Waals surface area contributed by atoms with E-state index >= 15 is 0 Å². The van der Waals surface area contributed by atoms with Crippen molar-refractivity contribution in [1.82, 2.24) is 20.4 Å². The van der Waals surface area contributed by atoms with E-state index in [-0.39, 0.29) is 12.1 Å². The fourth-order valence-corrected chi connectivity index (χ4v) is 5.33. The molecule has 0 radical (unpaired) electrons. The maximum Gasteiger partial charge on any atom is 0.317 e. The lowest BCUT2D eigenvalue weighted by atomic mass is 9.85. The van der Waals surface area contributed by atoms with Gasteiger partial charge in [-0.3, -0.25) is 5.10 Å². The zero-order valence-corrected chi connectivity index (χ0v) is 15.7. The Balaban J connectivity index is 1.31. The van der Waals surface area contributed by atoms with Crippen molar-refractivity contribution in [1.29, 1.82) is 0 Å². The second-order valence-electron chi connectivity index (χ2n) is 8.44. The summed E-state index contributed by atoms with van der Waals surface area (Å²) < 4.78 is 0. The lowest BCUT2D eigenvalue weighted by molar-refractivity contribution is 0.191.